The molecule has 16 heavy (non-hydrogen) atoms. The molecule has 0 bridgehead atoms. The Bertz CT molecular complexity index is 434. The molecule has 2 heterocycles. The molecular weight excluding hydrogens is 212 g/mol. The van der Waals surface area contributed by atoms with E-state index in [4.69, 9.17) is 0 Å². The highest BCUT2D eigenvalue weighted by Crippen LogP contribution is 2.42. The maximum atomic E-state index is 10.9. The van der Waals surface area contributed by atoms with E-state index < -0.39 is 4.92 Å². The van der Waals surface area contributed by atoms with E-state index in [1.54, 1.807) is 4.68 Å². The molecule has 0 spiro atoms. The van der Waals surface area contributed by atoms with Gasteiger partial charge in [0.1, 0.15) is 6.20 Å². The van der Waals surface area contributed by atoms with Crippen LogP contribution < -0.4 is 4.90 Å². The summed E-state index contributed by atoms with van der Waals surface area (Å²) in [4.78, 5) is 12.3. The molecule has 0 amide bonds. The van der Waals surface area contributed by atoms with Gasteiger partial charge in [-0.15, -0.1) is 0 Å². The zero-order chi connectivity index (χ0) is 11.3. The van der Waals surface area contributed by atoms with Gasteiger partial charge in [0.15, 0.2) is 0 Å². The summed E-state index contributed by atoms with van der Waals surface area (Å²) in [6, 6.07) is 0.307. The van der Waals surface area contributed by atoms with E-state index in [9.17, 15) is 15.2 Å². The van der Waals surface area contributed by atoms with Gasteiger partial charge in [-0.2, -0.15) is 5.10 Å². The maximum absolute atomic E-state index is 10.9. The lowest BCUT2D eigenvalue weighted by Gasteiger charge is -2.36. The average molecular weight is 224 g/mol. The lowest BCUT2D eigenvalue weighted by molar-refractivity contribution is -0.384. The van der Waals surface area contributed by atoms with E-state index >= 15 is 0 Å². The summed E-state index contributed by atoms with van der Waals surface area (Å²) in [5, 5.41) is 24.2. The summed E-state index contributed by atoms with van der Waals surface area (Å²) in [6.45, 7) is 0.915. The van der Waals surface area contributed by atoms with Gasteiger partial charge >= 0.3 is 5.69 Å². The lowest BCUT2D eigenvalue weighted by Crippen LogP contribution is -2.51. The van der Waals surface area contributed by atoms with E-state index in [2.05, 4.69) is 5.10 Å². The molecule has 1 aromatic heterocycles. The van der Waals surface area contributed by atoms with Crippen molar-refractivity contribution in [3.63, 3.8) is 0 Å². The molecule has 1 aliphatic carbocycles. The largest absolute Gasteiger partial charge is 0.389 e. The number of hydrogen-bond donors (Lipinski definition) is 1. The van der Waals surface area contributed by atoms with Crippen LogP contribution in [0.2, 0.25) is 0 Å². The molecule has 86 valence electrons. The monoisotopic (exact) mass is 224 g/mol. The van der Waals surface area contributed by atoms with Crippen LogP contribution in [0.4, 0.5) is 11.5 Å². The third-order valence-electron chi connectivity index (χ3n) is 3.00. The van der Waals surface area contributed by atoms with Crippen LogP contribution in [0.25, 0.3) is 0 Å². The van der Waals surface area contributed by atoms with Crippen LogP contribution in [-0.4, -0.2) is 39.0 Å². The number of rotatable bonds is 3. The number of aliphatic hydroxyl groups is 1. The summed E-state index contributed by atoms with van der Waals surface area (Å²) in [5.41, 5.74) is 0.0406. The van der Waals surface area contributed by atoms with Crippen LogP contribution in [0.3, 0.4) is 0 Å². The fraction of sp³-hybridized carbons (Fsp3) is 0.667. The third kappa shape index (κ3) is 1.35. The van der Waals surface area contributed by atoms with Gasteiger partial charge in [-0.3, -0.25) is 10.1 Å². The fourth-order valence-corrected chi connectivity index (χ4v) is 2.00. The Morgan fingerprint density at radius 2 is 2.19 bits per heavy atom. The lowest BCUT2D eigenvalue weighted by atomic mass is 10.2. The second-order valence-corrected chi connectivity index (χ2v) is 4.35. The minimum Gasteiger partial charge on any atom is -0.389 e. The smallest absolute Gasteiger partial charge is 0.331 e. The Morgan fingerprint density at radius 3 is 2.69 bits per heavy atom. The SMILES string of the molecule is O=[N+]([O-])c1cnn(C2CC2)c1N1CC(O)C1. The quantitative estimate of drug-likeness (QED) is 0.590. The van der Waals surface area contributed by atoms with Gasteiger partial charge in [0, 0.05) is 13.1 Å². The molecule has 1 aliphatic heterocycles. The number of hydrogen-bond acceptors (Lipinski definition) is 5. The molecule has 1 saturated heterocycles. The Labute approximate surface area is 91.4 Å². The summed E-state index contributed by atoms with van der Waals surface area (Å²) >= 11 is 0. The molecular formula is C9H12N4O3. The molecule has 1 N–H and O–H groups in total. The first kappa shape index (κ1) is 9.59. The van der Waals surface area contributed by atoms with Crippen molar-refractivity contribution < 1.29 is 10.0 Å². The van der Waals surface area contributed by atoms with Crippen molar-refractivity contribution in [2.75, 3.05) is 18.0 Å². The molecule has 0 radical (unpaired) electrons. The minimum absolute atomic E-state index is 0.0406. The molecule has 0 aromatic carbocycles. The van der Waals surface area contributed by atoms with E-state index in [-0.39, 0.29) is 11.8 Å². The molecule has 0 atom stereocenters. The summed E-state index contributed by atoms with van der Waals surface area (Å²) in [5.74, 6) is 0.554. The number of β-amino-alcohol motifs (C(OH)–C–C–N with tert-alkyl or cyclic N) is 1. The number of nitrogens with zero attached hydrogens (tertiary/aromatic N) is 4. The van der Waals surface area contributed by atoms with Crippen molar-refractivity contribution in [3.8, 4) is 0 Å². The third-order valence-corrected chi connectivity index (χ3v) is 3.00. The Morgan fingerprint density at radius 1 is 1.50 bits per heavy atom. The van der Waals surface area contributed by atoms with Gasteiger partial charge in [0.2, 0.25) is 5.82 Å². The highest BCUT2D eigenvalue weighted by molar-refractivity contribution is 5.59. The molecule has 7 heteroatoms. The van der Waals surface area contributed by atoms with Gasteiger partial charge in [-0.05, 0) is 12.8 Å². The van der Waals surface area contributed by atoms with Crippen molar-refractivity contribution >= 4 is 11.5 Å². The Balaban J connectivity index is 1.97. The molecule has 3 rings (SSSR count). The first-order valence-electron chi connectivity index (χ1n) is 5.31. The fourth-order valence-electron chi connectivity index (χ4n) is 2.00. The van der Waals surface area contributed by atoms with Gasteiger partial charge in [-0.1, -0.05) is 0 Å². The second-order valence-electron chi connectivity index (χ2n) is 4.35. The van der Waals surface area contributed by atoms with E-state index in [1.165, 1.54) is 6.20 Å². The normalized spacial score (nSPS) is 20.9. The predicted octanol–water partition coefficient (Wildman–Crippen LogP) is 0.307. The predicted molar refractivity (Wildman–Crippen MR) is 55.4 cm³/mol. The molecule has 1 aromatic rings. The minimum atomic E-state index is -0.411. The van der Waals surface area contributed by atoms with Crippen LogP contribution in [0.1, 0.15) is 18.9 Å². The van der Waals surface area contributed by atoms with Crippen LogP contribution in [0, 0.1) is 10.1 Å². The molecule has 1 saturated carbocycles. The van der Waals surface area contributed by atoms with Crippen LogP contribution in [0.15, 0.2) is 6.20 Å². The zero-order valence-corrected chi connectivity index (χ0v) is 8.61. The summed E-state index contributed by atoms with van der Waals surface area (Å²) in [6.07, 6.45) is 2.99. The highest BCUT2D eigenvalue weighted by Gasteiger charge is 2.38. The summed E-state index contributed by atoms with van der Waals surface area (Å²) in [7, 11) is 0. The van der Waals surface area contributed by atoms with Crippen molar-refractivity contribution in [2.45, 2.75) is 25.0 Å². The van der Waals surface area contributed by atoms with Crippen molar-refractivity contribution in [2.24, 2.45) is 0 Å². The average Bonchev–Trinajstić information content (AvgIpc) is 2.93. The highest BCUT2D eigenvalue weighted by atomic mass is 16.6. The zero-order valence-electron chi connectivity index (χ0n) is 8.61. The van der Waals surface area contributed by atoms with Crippen LogP contribution in [0.5, 0.6) is 0 Å². The first-order chi connectivity index (χ1) is 7.66. The van der Waals surface area contributed by atoms with Crippen molar-refractivity contribution in [3.05, 3.63) is 16.3 Å². The maximum Gasteiger partial charge on any atom is 0.331 e. The van der Waals surface area contributed by atoms with E-state index in [0.717, 1.165) is 12.8 Å². The number of anilines is 1. The van der Waals surface area contributed by atoms with E-state index in [1.807, 2.05) is 4.90 Å². The van der Waals surface area contributed by atoms with Crippen molar-refractivity contribution in [1.82, 2.24) is 9.78 Å². The van der Waals surface area contributed by atoms with Crippen molar-refractivity contribution in [1.29, 1.82) is 0 Å². The van der Waals surface area contributed by atoms with Crippen LogP contribution in [-0.2, 0) is 0 Å². The second kappa shape index (κ2) is 3.18. The summed E-state index contributed by atoms with van der Waals surface area (Å²) < 4.78 is 1.73. The number of nitro groups is 1. The van der Waals surface area contributed by atoms with Gasteiger partial charge < -0.3 is 10.0 Å². The first-order valence-corrected chi connectivity index (χ1v) is 5.31. The Kier molecular flexibility index (Phi) is 1.90. The molecule has 0 unspecified atom stereocenters. The van der Waals surface area contributed by atoms with Gasteiger partial charge in [0.25, 0.3) is 0 Å². The van der Waals surface area contributed by atoms with Gasteiger partial charge in [0.05, 0.1) is 17.1 Å². The van der Waals surface area contributed by atoms with E-state index in [0.29, 0.717) is 24.9 Å². The van der Waals surface area contributed by atoms with Crippen LogP contribution >= 0.6 is 0 Å². The number of aliphatic hydroxyl groups excluding tert-OH is 1. The topological polar surface area (TPSA) is 84.4 Å². The molecule has 2 aliphatic rings. The van der Waals surface area contributed by atoms with Gasteiger partial charge in [-0.25, -0.2) is 4.68 Å². The Hall–Kier alpha value is -1.63. The standard InChI is InChI=1S/C9H12N4O3/c14-7-4-11(5-7)9-8(13(15)16)3-10-12(9)6-1-2-6/h3,6-7,14H,1-2,4-5H2. The molecule has 2 fully saturated rings. The molecule has 7 nitrogen and oxygen atoms in total. The number of aromatic nitrogens is 2.